The normalized spacial score (nSPS) is 16.2. The Bertz CT molecular complexity index is 873. The quantitative estimate of drug-likeness (QED) is 0.927. The summed E-state index contributed by atoms with van der Waals surface area (Å²) in [5.41, 5.74) is 4.04. The first-order valence-corrected chi connectivity index (χ1v) is 8.35. The Labute approximate surface area is 148 Å². The lowest BCUT2D eigenvalue weighted by Gasteiger charge is -2.30. The number of hydrogen-bond donors (Lipinski definition) is 1. The summed E-state index contributed by atoms with van der Waals surface area (Å²) >= 11 is 0. The van der Waals surface area contributed by atoms with Crippen LogP contribution in [0.2, 0.25) is 0 Å². The first-order valence-electron chi connectivity index (χ1n) is 8.35. The Balaban J connectivity index is 1.94. The van der Waals surface area contributed by atoms with Gasteiger partial charge < -0.3 is 5.32 Å². The lowest BCUT2D eigenvalue weighted by molar-refractivity contribution is -0.116. The number of fused-ring (bicyclic) bond motifs is 1. The maximum atomic E-state index is 12.7. The van der Waals surface area contributed by atoms with E-state index in [-0.39, 0.29) is 11.4 Å². The molecule has 1 N–H and O–H groups in total. The van der Waals surface area contributed by atoms with Gasteiger partial charge in [-0.1, -0.05) is 42.0 Å². The van der Waals surface area contributed by atoms with Crippen LogP contribution < -0.4 is 5.32 Å². The summed E-state index contributed by atoms with van der Waals surface area (Å²) in [5, 5.41) is 12.5. The van der Waals surface area contributed by atoms with Crippen molar-refractivity contribution >= 4 is 17.3 Å². The highest BCUT2D eigenvalue weighted by Crippen LogP contribution is 2.29. The fourth-order valence-corrected chi connectivity index (χ4v) is 3.13. The minimum absolute atomic E-state index is 0.330. The van der Waals surface area contributed by atoms with Crippen LogP contribution in [0.25, 0.3) is 0 Å². The topological polar surface area (TPSA) is 65.2 Å². The van der Waals surface area contributed by atoms with Gasteiger partial charge in [0.2, 0.25) is 5.91 Å². The van der Waals surface area contributed by atoms with E-state index in [1.54, 1.807) is 0 Å². The first-order chi connectivity index (χ1) is 11.9. The molecule has 1 aliphatic heterocycles. The number of nitriles is 1. The third-order valence-electron chi connectivity index (χ3n) is 4.32. The average Bonchev–Trinajstić information content (AvgIpc) is 2.56. The standard InChI is InChI=1S/C21H21N3O/c1-14-8-10-16(11-9-14)23-20(25)18(13-22)19-17-7-5-4-6-15(17)12-21(2,3)24-19/h4-11,18H,12H2,1-3H3,(H,23,25)/t18-/m0/s1. The van der Waals surface area contributed by atoms with Crippen LogP contribution in [0.4, 0.5) is 5.69 Å². The number of nitrogens with zero attached hydrogens (tertiary/aromatic N) is 2. The van der Waals surface area contributed by atoms with Gasteiger partial charge in [0.25, 0.3) is 0 Å². The van der Waals surface area contributed by atoms with Gasteiger partial charge in [-0.3, -0.25) is 9.79 Å². The molecular formula is C21H21N3O. The Morgan fingerprint density at radius 2 is 1.88 bits per heavy atom. The van der Waals surface area contributed by atoms with Crippen LogP contribution in [0.3, 0.4) is 0 Å². The van der Waals surface area contributed by atoms with Gasteiger partial charge in [0, 0.05) is 11.3 Å². The van der Waals surface area contributed by atoms with Gasteiger partial charge in [0.15, 0.2) is 5.92 Å². The summed E-state index contributed by atoms with van der Waals surface area (Å²) < 4.78 is 0. The van der Waals surface area contributed by atoms with Crippen molar-refractivity contribution in [3.63, 3.8) is 0 Å². The van der Waals surface area contributed by atoms with E-state index < -0.39 is 5.92 Å². The molecule has 1 amide bonds. The number of aliphatic imine (C=N–C) groups is 1. The maximum Gasteiger partial charge on any atom is 0.247 e. The summed E-state index contributed by atoms with van der Waals surface area (Å²) in [5.74, 6) is -1.29. The molecule has 2 aromatic carbocycles. The van der Waals surface area contributed by atoms with Crippen LogP contribution in [0.15, 0.2) is 53.5 Å². The zero-order valence-electron chi connectivity index (χ0n) is 14.7. The minimum Gasteiger partial charge on any atom is -0.325 e. The van der Waals surface area contributed by atoms with Gasteiger partial charge in [0.1, 0.15) is 0 Å². The van der Waals surface area contributed by atoms with Crippen LogP contribution in [-0.2, 0) is 11.2 Å². The van der Waals surface area contributed by atoms with Crippen LogP contribution >= 0.6 is 0 Å². The number of amides is 1. The maximum absolute atomic E-state index is 12.7. The molecule has 4 heteroatoms. The number of rotatable bonds is 3. The fraction of sp³-hybridized carbons (Fsp3) is 0.286. The molecule has 1 aliphatic rings. The van der Waals surface area contributed by atoms with Crippen LogP contribution in [-0.4, -0.2) is 17.2 Å². The lowest BCUT2D eigenvalue weighted by atomic mass is 9.83. The molecule has 25 heavy (non-hydrogen) atoms. The highest BCUT2D eigenvalue weighted by molar-refractivity contribution is 6.19. The third kappa shape index (κ3) is 3.61. The number of hydrogen-bond acceptors (Lipinski definition) is 3. The number of aryl methyl sites for hydroxylation is 1. The van der Waals surface area contributed by atoms with E-state index in [0.29, 0.717) is 11.4 Å². The number of nitrogens with one attached hydrogen (secondary N) is 1. The first kappa shape index (κ1) is 16.9. The van der Waals surface area contributed by atoms with Gasteiger partial charge in [-0.05, 0) is 44.9 Å². The Hall–Kier alpha value is -2.93. The largest absolute Gasteiger partial charge is 0.325 e. The summed E-state index contributed by atoms with van der Waals surface area (Å²) in [6.45, 7) is 6.03. The monoisotopic (exact) mass is 331 g/mol. The molecule has 0 saturated carbocycles. The van der Waals surface area contributed by atoms with Gasteiger partial charge in [-0.15, -0.1) is 0 Å². The molecule has 0 fully saturated rings. The highest BCUT2D eigenvalue weighted by atomic mass is 16.1. The molecule has 0 aliphatic carbocycles. The molecule has 0 radical (unpaired) electrons. The van der Waals surface area contributed by atoms with E-state index in [0.717, 1.165) is 23.1 Å². The SMILES string of the molecule is Cc1ccc(NC(=O)[C@@H](C#N)C2=NC(C)(C)Cc3ccccc32)cc1. The molecule has 1 heterocycles. The molecule has 0 spiro atoms. The van der Waals surface area contributed by atoms with E-state index in [2.05, 4.69) is 11.4 Å². The second kappa shape index (κ2) is 6.52. The number of anilines is 1. The second-order valence-electron chi connectivity index (χ2n) is 7.06. The molecule has 0 unspecified atom stereocenters. The molecule has 126 valence electrons. The van der Waals surface area contributed by atoms with E-state index in [9.17, 15) is 10.1 Å². The van der Waals surface area contributed by atoms with Gasteiger partial charge >= 0.3 is 0 Å². The Morgan fingerprint density at radius 1 is 1.20 bits per heavy atom. The number of benzene rings is 2. The zero-order chi connectivity index (χ0) is 18.0. The second-order valence-corrected chi connectivity index (χ2v) is 7.06. The van der Waals surface area contributed by atoms with Crippen LogP contribution in [0, 0.1) is 24.2 Å². The number of carbonyl (C=O) groups is 1. The third-order valence-corrected chi connectivity index (χ3v) is 4.32. The predicted octanol–water partition coefficient (Wildman–Crippen LogP) is 3.90. The average molecular weight is 331 g/mol. The van der Waals surface area contributed by atoms with E-state index >= 15 is 0 Å². The van der Waals surface area contributed by atoms with Crippen LogP contribution in [0.1, 0.15) is 30.5 Å². The van der Waals surface area contributed by atoms with Crippen molar-refractivity contribution in [1.29, 1.82) is 5.26 Å². The molecule has 2 aromatic rings. The Kier molecular flexibility index (Phi) is 4.41. The molecule has 0 saturated heterocycles. The number of carbonyl (C=O) groups excluding carboxylic acids is 1. The molecule has 3 rings (SSSR count). The smallest absolute Gasteiger partial charge is 0.247 e. The van der Waals surface area contributed by atoms with E-state index in [1.807, 2.05) is 69.3 Å². The molecule has 4 nitrogen and oxygen atoms in total. The summed E-state index contributed by atoms with van der Waals surface area (Å²) in [7, 11) is 0. The van der Waals surface area contributed by atoms with Crippen molar-refractivity contribution in [2.75, 3.05) is 5.32 Å². The molecule has 1 atom stereocenters. The molecular weight excluding hydrogens is 310 g/mol. The summed E-state index contributed by atoms with van der Waals surface area (Å²) in [6.07, 6.45) is 0.796. The Morgan fingerprint density at radius 3 is 2.56 bits per heavy atom. The lowest BCUT2D eigenvalue weighted by Crippen LogP contribution is -2.36. The van der Waals surface area contributed by atoms with Crippen LogP contribution in [0.5, 0.6) is 0 Å². The van der Waals surface area contributed by atoms with Crippen molar-refractivity contribution in [2.45, 2.75) is 32.7 Å². The molecule has 0 aromatic heterocycles. The zero-order valence-corrected chi connectivity index (χ0v) is 14.7. The van der Waals surface area contributed by atoms with Crippen molar-refractivity contribution in [1.82, 2.24) is 0 Å². The van der Waals surface area contributed by atoms with Gasteiger partial charge in [0.05, 0.1) is 17.3 Å². The van der Waals surface area contributed by atoms with Crippen molar-refractivity contribution < 1.29 is 4.79 Å². The summed E-state index contributed by atoms with van der Waals surface area (Å²) in [4.78, 5) is 17.5. The van der Waals surface area contributed by atoms with E-state index in [4.69, 9.17) is 4.99 Å². The van der Waals surface area contributed by atoms with Crippen molar-refractivity contribution in [3.8, 4) is 6.07 Å². The molecule has 0 bridgehead atoms. The predicted molar refractivity (Wildman–Crippen MR) is 99.7 cm³/mol. The van der Waals surface area contributed by atoms with Crippen molar-refractivity contribution in [2.24, 2.45) is 10.9 Å². The minimum atomic E-state index is -0.943. The highest BCUT2D eigenvalue weighted by Gasteiger charge is 2.33. The van der Waals surface area contributed by atoms with Crippen molar-refractivity contribution in [3.05, 3.63) is 65.2 Å². The van der Waals surface area contributed by atoms with Gasteiger partial charge in [-0.25, -0.2) is 0 Å². The summed E-state index contributed by atoms with van der Waals surface area (Å²) in [6, 6.07) is 17.5. The fourth-order valence-electron chi connectivity index (χ4n) is 3.13. The van der Waals surface area contributed by atoms with Gasteiger partial charge in [-0.2, -0.15) is 5.26 Å². The van der Waals surface area contributed by atoms with E-state index in [1.165, 1.54) is 0 Å².